The van der Waals surface area contributed by atoms with Crippen molar-refractivity contribution < 1.29 is 8.79 Å². The molecule has 2 aromatic heterocycles. The number of nitrogens with zero attached hydrogens (tertiary/aromatic N) is 4. The Labute approximate surface area is 141 Å². The summed E-state index contributed by atoms with van der Waals surface area (Å²) in [5.74, 6) is 0. The molecule has 3 aromatic rings. The Balaban J connectivity index is 2.53. The number of hydrogen-bond donors (Lipinski definition) is 0. The van der Waals surface area contributed by atoms with Crippen molar-refractivity contribution in [1.29, 1.82) is 0 Å². The fourth-order valence-corrected chi connectivity index (χ4v) is 2.92. The maximum absolute atomic E-state index is 7.85. The summed E-state index contributed by atoms with van der Waals surface area (Å²) >= 11 is 0. The standard InChI is InChI=1S/C19H23N4/c1-10-8-11(2)12(3)16(9-10)19-18-17(15(6)22-23(19)7)20-13(4)14(5)21-18/h8-9H,1-7H3/q+1/i6D3. The Bertz CT molecular complexity index is 1040. The largest absolute Gasteiger partial charge is 0.266 e. The minimum atomic E-state index is -2.36. The smallest absolute Gasteiger partial charge is 0.247 e. The highest BCUT2D eigenvalue weighted by Gasteiger charge is 2.24. The Morgan fingerprint density at radius 3 is 2.22 bits per heavy atom. The first-order valence-corrected chi connectivity index (χ1v) is 7.64. The summed E-state index contributed by atoms with van der Waals surface area (Å²) in [6.45, 7) is 7.53. The van der Waals surface area contributed by atoms with E-state index in [1.165, 1.54) is 5.56 Å². The molecule has 4 nitrogen and oxygen atoms in total. The van der Waals surface area contributed by atoms with Gasteiger partial charge in [-0.15, -0.1) is 0 Å². The van der Waals surface area contributed by atoms with E-state index in [1.54, 1.807) is 11.7 Å². The lowest BCUT2D eigenvalue weighted by atomic mass is 9.96. The molecule has 0 unspecified atom stereocenters. The Kier molecular flexibility index (Phi) is 2.83. The topological polar surface area (TPSA) is 42.5 Å². The van der Waals surface area contributed by atoms with E-state index < -0.39 is 6.85 Å². The molecular weight excluding hydrogens is 284 g/mol. The zero-order valence-corrected chi connectivity index (χ0v) is 14.4. The zero-order chi connectivity index (χ0) is 19.4. The van der Waals surface area contributed by atoms with Gasteiger partial charge in [-0.2, -0.15) is 0 Å². The summed E-state index contributed by atoms with van der Waals surface area (Å²) in [7, 11) is 1.76. The normalized spacial score (nSPS) is 13.7. The van der Waals surface area contributed by atoms with Gasteiger partial charge in [0.05, 0.1) is 17.0 Å². The molecule has 118 valence electrons. The van der Waals surface area contributed by atoms with E-state index in [4.69, 9.17) is 9.10 Å². The third-order valence-corrected chi connectivity index (χ3v) is 4.40. The number of aromatic nitrogens is 4. The molecule has 0 spiro atoms. The van der Waals surface area contributed by atoms with Crippen LogP contribution in [0.15, 0.2) is 12.1 Å². The molecule has 0 amide bonds. The van der Waals surface area contributed by atoms with Crippen LogP contribution in [0.5, 0.6) is 0 Å². The maximum Gasteiger partial charge on any atom is 0.266 e. The van der Waals surface area contributed by atoms with Crippen LogP contribution in [0.1, 0.15) is 37.9 Å². The molecule has 0 aliphatic rings. The quantitative estimate of drug-likeness (QED) is 0.647. The van der Waals surface area contributed by atoms with Gasteiger partial charge in [0.2, 0.25) is 0 Å². The average Bonchev–Trinajstić information content (AvgIpc) is 2.51. The molecule has 0 fully saturated rings. The fraction of sp³-hybridized carbons (Fsp3) is 0.368. The molecule has 0 aliphatic carbocycles. The van der Waals surface area contributed by atoms with Crippen molar-refractivity contribution in [3.8, 4) is 11.3 Å². The molecule has 0 N–H and O–H groups in total. The number of benzene rings is 1. The number of aryl methyl sites for hydroxylation is 6. The van der Waals surface area contributed by atoms with Crippen LogP contribution in [-0.4, -0.2) is 15.1 Å². The molecular formula is C19H23N4+. The molecule has 0 atom stereocenters. The van der Waals surface area contributed by atoms with Crippen molar-refractivity contribution >= 4 is 11.0 Å². The van der Waals surface area contributed by atoms with Crippen LogP contribution in [0.4, 0.5) is 0 Å². The number of rotatable bonds is 1. The van der Waals surface area contributed by atoms with Crippen LogP contribution < -0.4 is 4.68 Å². The summed E-state index contributed by atoms with van der Waals surface area (Å²) in [4.78, 5) is 9.26. The molecule has 0 aliphatic heterocycles. The summed E-state index contributed by atoms with van der Waals surface area (Å²) in [5, 5.41) is 4.37. The van der Waals surface area contributed by atoms with E-state index in [1.807, 2.05) is 20.8 Å². The lowest BCUT2D eigenvalue weighted by Crippen LogP contribution is -2.37. The van der Waals surface area contributed by atoms with Crippen LogP contribution in [0.3, 0.4) is 0 Å². The number of fused-ring (bicyclic) bond motifs is 1. The van der Waals surface area contributed by atoms with E-state index in [0.29, 0.717) is 16.7 Å². The minimum absolute atomic E-state index is 0.0172. The van der Waals surface area contributed by atoms with Crippen molar-refractivity contribution in [2.45, 2.75) is 41.5 Å². The Morgan fingerprint density at radius 2 is 1.57 bits per heavy atom. The molecule has 4 heteroatoms. The van der Waals surface area contributed by atoms with E-state index in [2.05, 4.69) is 36.1 Å². The van der Waals surface area contributed by atoms with Gasteiger partial charge in [-0.3, -0.25) is 0 Å². The fourth-order valence-electron chi connectivity index (χ4n) is 2.92. The highest BCUT2D eigenvalue weighted by Crippen LogP contribution is 2.29. The molecule has 0 saturated heterocycles. The molecule has 23 heavy (non-hydrogen) atoms. The van der Waals surface area contributed by atoms with Crippen molar-refractivity contribution in [3.05, 3.63) is 45.9 Å². The van der Waals surface area contributed by atoms with Gasteiger partial charge in [0.25, 0.3) is 5.69 Å². The summed E-state index contributed by atoms with van der Waals surface area (Å²) < 4.78 is 25.2. The first kappa shape index (κ1) is 12.1. The van der Waals surface area contributed by atoms with Crippen molar-refractivity contribution in [3.63, 3.8) is 0 Å². The van der Waals surface area contributed by atoms with Gasteiger partial charge in [0.15, 0.2) is 12.6 Å². The molecule has 0 saturated carbocycles. The predicted octanol–water partition coefficient (Wildman–Crippen LogP) is 3.37. The first-order chi connectivity index (χ1) is 12.0. The lowest BCUT2D eigenvalue weighted by molar-refractivity contribution is -0.719. The molecule has 1 aromatic carbocycles. The van der Waals surface area contributed by atoms with Crippen LogP contribution in [0, 0.1) is 41.5 Å². The zero-order valence-electron chi connectivity index (χ0n) is 17.4. The highest BCUT2D eigenvalue weighted by atomic mass is 15.3. The molecule has 3 rings (SSSR count). The van der Waals surface area contributed by atoms with E-state index in [0.717, 1.165) is 28.1 Å². The average molecular weight is 310 g/mol. The van der Waals surface area contributed by atoms with Crippen LogP contribution in [0.2, 0.25) is 0 Å². The monoisotopic (exact) mass is 310 g/mol. The van der Waals surface area contributed by atoms with E-state index in [9.17, 15) is 0 Å². The summed E-state index contributed by atoms with van der Waals surface area (Å²) in [6, 6.07) is 4.22. The van der Waals surface area contributed by atoms with E-state index >= 15 is 0 Å². The van der Waals surface area contributed by atoms with Gasteiger partial charge in [-0.25, -0.2) is 9.97 Å². The highest BCUT2D eigenvalue weighted by molar-refractivity contribution is 5.89. The molecule has 2 heterocycles. The van der Waals surface area contributed by atoms with Gasteiger partial charge in [0, 0.05) is 4.11 Å². The third-order valence-electron chi connectivity index (χ3n) is 4.40. The van der Waals surface area contributed by atoms with Crippen LogP contribution >= 0.6 is 0 Å². The van der Waals surface area contributed by atoms with Crippen molar-refractivity contribution in [1.82, 2.24) is 15.1 Å². The summed E-state index contributed by atoms with van der Waals surface area (Å²) in [6.07, 6.45) is 0. The molecule has 0 radical (unpaired) electrons. The second kappa shape index (κ2) is 5.37. The van der Waals surface area contributed by atoms with Gasteiger partial charge in [-0.1, -0.05) is 16.3 Å². The number of hydrogen-bond acceptors (Lipinski definition) is 3. The van der Waals surface area contributed by atoms with Gasteiger partial charge >= 0.3 is 0 Å². The van der Waals surface area contributed by atoms with Crippen LogP contribution in [-0.2, 0) is 7.05 Å². The minimum Gasteiger partial charge on any atom is -0.247 e. The Hall–Kier alpha value is -2.36. The maximum atomic E-state index is 7.85. The van der Waals surface area contributed by atoms with Crippen molar-refractivity contribution in [2.75, 3.05) is 0 Å². The van der Waals surface area contributed by atoms with Gasteiger partial charge < -0.3 is 0 Å². The van der Waals surface area contributed by atoms with E-state index in [-0.39, 0.29) is 5.69 Å². The van der Waals surface area contributed by atoms with Gasteiger partial charge in [0.1, 0.15) is 11.2 Å². The van der Waals surface area contributed by atoms with Crippen LogP contribution in [0.25, 0.3) is 22.3 Å². The molecule has 0 bridgehead atoms. The predicted molar refractivity (Wildman–Crippen MR) is 92.4 cm³/mol. The Morgan fingerprint density at radius 1 is 0.913 bits per heavy atom. The second-order valence-electron chi connectivity index (χ2n) is 6.17. The van der Waals surface area contributed by atoms with Crippen molar-refractivity contribution in [2.24, 2.45) is 7.05 Å². The second-order valence-corrected chi connectivity index (χ2v) is 6.17. The van der Waals surface area contributed by atoms with Gasteiger partial charge in [-0.05, 0) is 63.8 Å². The lowest BCUT2D eigenvalue weighted by Gasteiger charge is -2.11. The SMILES string of the molecule is [2H]C([2H])([2H])c1n[n+](C)c(-c2cc(C)cc(C)c2C)c2nc(C)c(C)nc12. The first-order valence-electron chi connectivity index (χ1n) is 9.14. The third kappa shape index (κ3) is 2.48. The summed E-state index contributed by atoms with van der Waals surface area (Å²) in [5.41, 5.74) is 7.60.